The Kier molecular flexibility index (Phi) is 3.45. The maximum atomic E-state index is 10.6. The van der Waals surface area contributed by atoms with Gasteiger partial charge in [0, 0.05) is 0 Å². The highest BCUT2D eigenvalue weighted by atomic mass is 16.4. The molecule has 0 spiro atoms. The molecular formula is C11H9NO2. The molecule has 0 heterocycles. The number of hydrogen-bond acceptors (Lipinski definition) is 2. The van der Waals surface area contributed by atoms with Crippen LogP contribution in [0, 0.1) is 11.3 Å². The molecule has 3 heteroatoms. The van der Waals surface area contributed by atoms with Crippen molar-refractivity contribution in [3.63, 3.8) is 0 Å². The molecule has 0 unspecified atom stereocenters. The zero-order valence-electron chi connectivity index (χ0n) is 7.47. The Morgan fingerprint density at radius 1 is 1.57 bits per heavy atom. The molecule has 0 saturated heterocycles. The van der Waals surface area contributed by atoms with Crippen LogP contribution in [0.2, 0.25) is 0 Å². The van der Waals surface area contributed by atoms with Crippen molar-refractivity contribution in [3.8, 4) is 6.07 Å². The summed E-state index contributed by atoms with van der Waals surface area (Å²) >= 11 is 0. The van der Waals surface area contributed by atoms with Crippen LogP contribution < -0.4 is 0 Å². The summed E-state index contributed by atoms with van der Waals surface area (Å²) < 4.78 is 0. The second kappa shape index (κ2) is 4.83. The van der Waals surface area contributed by atoms with Crippen molar-refractivity contribution in [2.75, 3.05) is 0 Å². The van der Waals surface area contributed by atoms with Gasteiger partial charge in [-0.05, 0) is 17.7 Å². The van der Waals surface area contributed by atoms with Crippen LogP contribution in [0.1, 0.15) is 22.3 Å². The van der Waals surface area contributed by atoms with Crippen LogP contribution in [0.15, 0.2) is 30.3 Å². The fourth-order valence-electron chi connectivity index (χ4n) is 1.02. The standard InChI is InChI=1S/C11H9NO2/c12-7-2-1-4-9-5-3-6-10(8-9)11(13)14/h1,3-6,8H,2H2,(H,13,14). The predicted molar refractivity (Wildman–Crippen MR) is 52.7 cm³/mol. The van der Waals surface area contributed by atoms with E-state index in [2.05, 4.69) is 0 Å². The van der Waals surface area contributed by atoms with Crippen LogP contribution in [0.4, 0.5) is 0 Å². The number of nitriles is 1. The molecule has 1 N–H and O–H groups in total. The molecule has 70 valence electrons. The molecule has 0 aromatic heterocycles. The van der Waals surface area contributed by atoms with Crippen molar-refractivity contribution in [1.82, 2.24) is 0 Å². The Labute approximate surface area is 81.9 Å². The molecule has 0 atom stereocenters. The van der Waals surface area contributed by atoms with Crippen molar-refractivity contribution >= 4 is 12.0 Å². The largest absolute Gasteiger partial charge is 0.478 e. The number of allylic oxidation sites excluding steroid dienone is 1. The van der Waals surface area contributed by atoms with Gasteiger partial charge in [0.15, 0.2) is 0 Å². The van der Waals surface area contributed by atoms with E-state index in [0.717, 1.165) is 5.56 Å². The molecule has 0 bridgehead atoms. The molecule has 3 nitrogen and oxygen atoms in total. The molecule has 0 aliphatic rings. The third-order valence-electron chi connectivity index (χ3n) is 1.65. The molecule has 0 amide bonds. The number of nitrogens with zero attached hydrogens (tertiary/aromatic N) is 1. The molecule has 0 aliphatic heterocycles. The summed E-state index contributed by atoms with van der Waals surface area (Å²) in [6, 6.07) is 8.54. The minimum absolute atomic E-state index is 0.254. The SMILES string of the molecule is N#CCC=Cc1cccc(C(=O)O)c1. The van der Waals surface area contributed by atoms with E-state index in [4.69, 9.17) is 10.4 Å². The van der Waals surface area contributed by atoms with Gasteiger partial charge in [0.2, 0.25) is 0 Å². The lowest BCUT2D eigenvalue weighted by atomic mass is 10.1. The highest BCUT2D eigenvalue weighted by Crippen LogP contribution is 2.07. The molecule has 0 fully saturated rings. The molecular weight excluding hydrogens is 178 g/mol. The van der Waals surface area contributed by atoms with Gasteiger partial charge in [-0.1, -0.05) is 24.3 Å². The van der Waals surface area contributed by atoms with Crippen LogP contribution in [0.25, 0.3) is 6.08 Å². The lowest BCUT2D eigenvalue weighted by Crippen LogP contribution is -1.95. The van der Waals surface area contributed by atoms with Crippen LogP contribution in [-0.4, -0.2) is 11.1 Å². The van der Waals surface area contributed by atoms with E-state index in [1.54, 1.807) is 30.4 Å². The number of hydrogen-bond donors (Lipinski definition) is 1. The third-order valence-corrected chi connectivity index (χ3v) is 1.65. The summed E-state index contributed by atoms with van der Waals surface area (Å²) in [6.45, 7) is 0. The fourth-order valence-corrected chi connectivity index (χ4v) is 1.02. The number of carboxylic acids is 1. The average molecular weight is 187 g/mol. The summed E-state index contributed by atoms with van der Waals surface area (Å²) in [4.78, 5) is 10.6. The van der Waals surface area contributed by atoms with Crippen molar-refractivity contribution in [1.29, 1.82) is 5.26 Å². The van der Waals surface area contributed by atoms with E-state index >= 15 is 0 Å². The Morgan fingerprint density at radius 3 is 3.00 bits per heavy atom. The fraction of sp³-hybridized carbons (Fsp3) is 0.0909. The highest BCUT2D eigenvalue weighted by molar-refractivity contribution is 5.88. The quantitative estimate of drug-likeness (QED) is 0.789. The van der Waals surface area contributed by atoms with Crippen LogP contribution in [-0.2, 0) is 0 Å². The summed E-state index contributed by atoms with van der Waals surface area (Å²) in [6.07, 6.45) is 3.76. The Hall–Kier alpha value is -2.08. The molecule has 14 heavy (non-hydrogen) atoms. The lowest BCUT2D eigenvalue weighted by Gasteiger charge is -1.95. The lowest BCUT2D eigenvalue weighted by molar-refractivity contribution is 0.0697. The zero-order chi connectivity index (χ0) is 10.4. The maximum Gasteiger partial charge on any atom is 0.335 e. The first-order valence-electron chi connectivity index (χ1n) is 4.11. The van der Waals surface area contributed by atoms with Crippen molar-refractivity contribution in [2.24, 2.45) is 0 Å². The number of rotatable bonds is 3. The zero-order valence-corrected chi connectivity index (χ0v) is 7.47. The van der Waals surface area contributed by atoms with Gasteiger partial charge in [-0.25, -0.2) is 4.79 Å². The van der Waals surface area contributed by atoms with Gasteiger partial charge in [0.05, 0.1) is 18.1 Å². The topological polar surface area (TPSA) is 61.1 Å². The second-order valence-corrected chi connectivity index (χ2v) is 2.70. The van der Waals surface area contributed by atoms with Crippen molar-refractivity contribution < 1.29 is 9.90 Å². The van der Waals surface area contributed by atoms with Crippen LogP contribution >= 0.6 is 0 Å². The molecule has 1 aromatic rings. The van der Waals surface area contributed by atoms with Gasteiger partial charge < -0.3 is 5.11 Å². The Bertz CT molecular complexity index is 402. The van der Waals surface area contributed by atoms with Gasteiger partial charge in [0.25, 0.3) is 0 Å². The number of aromatic carboxylic acids is 1. The summed E-state index contributed by atoms with van der Waals surface area (Å²) in [5.74, 6) is -0.944. The minimum atomic E-state index is -0.944. The molecule has 0 saturated carbocycles. The number of benzene rings is 1. The molecule has 0 radical (unpaired) electrons. The first kappa shape index (κ1) is 10.0. The van der Waals surface area contributed by atoms with Crippen molar-refractivity contribution in [3.05, 3.63) is 41.5 Å². The van der Waals surface area contributed by atoms with Crippen LogP contribution in [0.3, 0.4) is 0 Å². The van der Waals surface area contributed by atoms with E-state index < -0.39 is 5.97 Å². The number of carbonyl (C=O) groups is 1. The summed E-state index contributed by atoms with van der Waals surface area (Å²) in [7, 11) is 0. The Morgan fingerprint density at radius 2 is 2.36 bits per heavy atom. The van der Waals surface area contributed by atoms with Gasteiger partial charge in [0.1, 0.15) is 0 Å². The number of carboxylic acid groups (broad SMARTS) is 1. The average Bonchev–Trinajstić information content (AvgIpc) is 2.19. The van der Waals surface area contributed by atoms with Gasteiger partial charge in [-0.2, -0.15) is 5.26 Å². The Balaban J connectivity index is 2.85. The van der Waals surface area contributed by atoms with E-state index in [0.29, 0.717) is 6.42 Å². The monoisotopic (exact) mass is 187 g/mol. The summed E-state index contributed by atoms with van der Waals surface area (Å²) in [5, 5.41) is 17.0. The van der Waals surface area contributed by atoms with E-state index in [9.17, 15) is 4.79 Å². The predicted octanol–water partition coefficient (Wildman–Crippen LogP) is 2.31. The second-order valence-electron chi connectivity index (χ2n) is 2.70. The van der Waals surface area contributed by atoms with Gasteiger partial charge in [-0.3, -0.25) is 0 Å². The van der Waals surface area contributed by atoms with Gasteiger partial charge >= 0.3 is 5.97 Å². The first-order valence-corrected chi connectivity index (χ1v) is 4.11. The molecule has 0 aliphatic carbocycles. The maximum absolute atomic E-state index is 10.6. The van der Waals surface area contributed by atoms with Gasteiger partial charge in [-0.15, -0.1) is 0 Å². The first-order chi connectivity index (χ1) is 6.74. The van der Waals surface area contributed by atoms with Crippen LogP contribution in [0.5, 0.6) is 0 Å². The van der Waals surface area contributed by atoms with E-state index in [1.807, 2.05) is 6.07 Å². The molecule has 1 rings (SSSR count). The van der Waals surface area contributed by atoms with E-state index in [-0.39, 0.29) is 5.56 Å². The molecule has 1 aromatic carbocycles. The third kappa shape index (κ3) is 2.76. The summed E-state index contributed by atoms with van der Waals surface area (Å²) in [5.41, 5.74) is 1.05. The van der Waals surface area contributed by atoms with Crippen molar-refractivity contribution in [2.45, 2.75) is 6.42 Å². The van der Waals surface area contributed by atoms with E-state index in [1.165, 1.54) is 6.07 Å². The highest BCUT2D eigenvalue weighted by Gasteiger charge is 2.00. The minimum Gasteiger partial charge on any atom is -0.478 e. The normalized spacial score (nSPS) is 9.93. The smallest absolute Gasteiger partial charge is 0.335 e.